The van der Waals surface area contributed by atoms with Crippen molar-refractivity contribution in [1.82, 2.24) is 9.80 Å². The lowest BCUT2D eigenvalue weighted by atomic mass is 9.87. The second-order valence-electron chi connectivity index (χ2n) is 12.3. The number of hydrogen-bond acceptors (Lipinski definition) is 6. The molecule has 228 valence electrons. The quantitative estimate of drug-likeness (QED) is 0.421. The van der Waals surface area contributed by atoms with Gasteiger partial charge in [-0.2, -0.15) is 0 Å². The van der Waals surface area contributed by atoms with Gasteiger partial charge in [0.25, 0.3) is 5.91 Å². The predicted molar refractivity (Wildman–Crippen MR) is 155 cm³/mol. The fourth-order valence-electron chi connectivity index (χ4n) is 6.04. The summed E-state index contributed by atoms with van der Waals surface area (Å²) in [5, 5.41) is 0. The largest absolute Gasteiger partial charge is 0.444 e. The van der Waals surface area contributed by atoms with E-state index in [-0.39, 0.29) is 36.7 Å². The zero-order valence-corrected chi connectivity index (χ0v) is 24.9. The standard InChI is InChI=1S/C33H43FN2O6/c1-33(2,3)42-32(38)35(19-21-40-29-10-6-7-20-39-29)26-15-16-28(41-22-26)31(37)36-18-17-23-8-4-5-9-27(23)30(36)24-11-13-25(34)14-12-24/h4-5,8-9,11-14,26,28-30H,6-7,10,15-22H2,1-3H3/t26-,28+,29?,30+/m1/s1. The molecule has 3 heterocycles. The molecule has 2 aromatic rings. The maximum Gasteiger partial charge on any atom is 0.410 e. The lowest BCUT2D eigenvalue weighted by Gasteiger charge is -2.42. The van der Waals surface area contributed by atoms with Gasteiger partial charge in [0, 0.05) is 19.7 Å². The smallest absolute Gasteiger partial charge is 0.410 e. The molecule has 0 spiro atoms. The third-order valence-corrected chi connectivity index (χ3v) is 8.12. The number of benzene rings is 2. The third kappa shape index (κ3) is 7.49. The summed E-state index contributed by atoms with van der Waals surface area (Å²) in [5.41, 5.74) is 2.46. The van der Waals surface area contributed by atoms with Crippen molar-refractivity contribution in [2.24, 2.45) is 0 Å². The maximum atomic E-state index is 13.9. The molecule has 1 unspecified atom stereocenters. The molecule has 42 heavy (non-hydrogen) atoms. The molecular formula is C33H43FN2O6. The van der Waals surface area contributed by atoms with Crippen LogP contribution in [-0.2, 0) is 30.2 Å². The van der Waals surface area contributed by atoms with E-state index in [4.69, 9.17) is 18.9 Å². The van der Waals surface area contributed by atoms with Gasteiger partial charge in [-0.25, -0.2) is 9.18 Å². The van der Waals surface area contributed by atoms with Crippen LogP contribution in [0.4, 0.5) is 9.18 Å². The van der Waals surface area contributed by atoms with Crippen LogP contribution in [0.2, 0.25) is 0 Å². The second kappa shape index (κ2) is 13.5. The Hall–Kier alpha value is -3.01. The fraction of sp³-hybridized carbons (Fsp3) is 0.576. The molecule has 4 atom stereocenters. The number of nitrogens with zero attached hydrogens (tertiary/aromatic N) is 2. The van der Waals surface area contributed by atoms with Crippen LogP contribution >= 0.6 is 0 Å². The predicted octanol–water partition coefficient (Wildman–Crippen LogP) is 5.63. The number of halogens is 1. The van der Waals surface area contributed by atoms with Crippen molar-refractivity contribution in [3.63, 3.8) is 0 Å². The SMILES string of the molecule is CC(C)(C)OC(=O)N(CCOC1CCCCO1)[C@@H]1CC[C@@H](C(=O)N2CCc3ccccc3[C@@H]2c2ccc(F)cc2)OC1. The molecular weight excluding hydrogens is 539 g/mol. The van der Waals surface area contributed by atoms with Gasteiger partial charge in [-0.1, -0.05) is 36.4 Å². The first-order valence-corrected chi connectivity index (χ1v) is 15.2. The van der Waals surface area contributed by atoms with E-state index in [0.717, 1.165) is 36.8 Å². The number of carbonyl (C=O) groups is 2. The average Bonchev–Trinajstić information content (AvgIpc) is 2.99. The Morgan fingerprint density at radius 3 is 2.50 bits per heavy atom. The zero-order chi connectivity index (χ0) is 29.7. The summed E-state index contributed by atoms with van der Waals surface area (Å²) in [5.74, 6) is -0.396. The van der Waals surface area contributed by atoms with Crippen molar-refractivity contribution in [2.45, 2.75) is 89.4 Å². The molecule has 0 radical (unpaired) electrons. The summed E-state index contributed by atoms with van der Waals surface area (Å²) in [4.78, 5) is 30.7. The van der Waals surface area contributed by atoms with E-state index < -0.39 is 17.8 Å². The first-order valence-electron chi connectivity index (χ1n) is 15.2. The van der Waals surface area contributed by atoms with Crippen LogP contribution in [0.25, 0.3) is 0 Å². The Bertz CT molecular complexity index is 1200. The number of amides is 2. The van der Waals surface area contributed by atoms with Crippen molar-refractivity contribution in [3.8, 4) is 0 Å². The summed E-state index contributed by atoms with van der Waals surface area (Å²) in [7, 11) is 0. The summed E-state index contributed by atoms with van der Waals surface area (Å²) in [6.45, 7) is 7.66. The van der Waals surface area contributed by atoms with Crippen LogP contribution in [0.5, 0.6) is 0 Å². The summed E-state index contributed by atoms with van der Waals surface area (Å²) >= 11 is 0. The molecule has 2 fully saturated rings. The molecule has 3 aliphatic heterocycles. The normalized spacial score (nSPS) is 24.5. The summed E-state index contributed by atoms with van der Waals surface area (Å²) in [6, 6.07) is 13.9. The number of carbonyl (C=O) groups excluding carboxylic acids is 2. The minimum atomic E-state index is -0.642. The molecule has 9 heteroatoms. The maximum absolute atomic E-state index is 13.9. The van der Waals surface area contributed by atoms with E-state index in [0.29, 0.717) is 39.1 Å². The van der Waals surface area contributed by atoms with E-state index in [1.807, 2.05) is 43.9 Å². The Kier molecular flexibility index (Phi) is 9.81. The van der Waals surface area contributed by atoms with E-state index >= 15 is 0 Å². The molecule has 8 nitrogen and oxygen atoms in total. The van der Waals surface area contributed by atoms with E-state index in [1.54, 1.807) is 17.0 Å². The topological polar surface area (TPSA) is 77.5 Å². The van der Waals surface area contributed by atoms with Gasteiger partial charge in [0.15, 0.2) is 6.29 Å². The molecule has 5 rings (SSSR count). The van der Waals surface area contributed by atoms with Crippen molar-refractivity contribution < 1.29 is 32.9 Å². The minimum Gasteiger partial charge on any atom is -0.444 e. The minimum absolute atomic E-state index is 0.0844. The van der Waals surface area contributed by atoms with Gasteiger partial charge in [0.2, 0.25) is 0 Å². The lowest BCUT2D eigenvalue weighted by Crippen LogP contribution is -2.53. The molecule has 0 bridgehead atoms. The van der Waals surface area contributed by atoms with Crippen LogP contribution in [0.15, 0.2) is 48.5 Å². The van der Waals surface area contributed by atoms with Crippen LogP contribution in [0.1, 0.15) is 75.6 Å². The van der Waals surface area contributed by atoms with Crippen molar-refractivity contribution in [3.05, 3.63) is 71.0 Å². The molecule has 3 aliphatic rings. The highest BCUT2D eigenvalue weighted by atomic mass is 19.1. The van der Waals surface area contributed by atoms with Crippen LogP contribution in [-0.4, -0.2) is 78.7 Å². The van der Waals surface area contributed by atoms with Gasteiger partial charge in [-0.3, -0.25) is 4.79 Å². The summed E-state index contributed by atoms with van der Waals surface area (Å²) < 4.78 is 37.3. The fourth-order valence-corrected chi connectivity index (χ4v) is 6.04. The highest BCUT2D eigenvalue weighted by Crippen LogP contribution is 2.36. The molecule has 0 aliphatic carbocycles. The first kappa shape index (κ1) is 30.4. The van der Waals surface area contributed by atoms with Crippen molar-refractivity contribution >= 4 is 12.0 Å². The van der Waals surface area contributed by atoms with Crippen LogP contribution in [0, 0.1) is 5.82 Å². The van der Waals surface area contributed by atoms with Crippen LogP contribution in [0.3, 0.4) is 0 Å². The average molecular weight is 583 g/mol. The first-order chi connectivity index (χ1) is 20.2. The second-order valence-corrected chi connectivity index (χ2v) is 12.3. The van der Waals surface area contributed by atoms with Crippen molar-refractivity contribution in [1.29, 1.82) is 0 Å². The Balaban J connectivity index is 1.26. The Morgan fingerprint density at radius 1 is 1.02 bits per heavy atom. The molecule has 2 aromatic carbocycles. The number of rotatable bonds is 7. The third-order valence-electron chi connectivity index (χ3n) is 8.12. The molecule has 0 aromatic heterocycles. The highest BCUT2D eigenvalue weighted by molar-refractivity contribution is 5.82. The van der Waals surface area contributed by atoms with Gasteiger partial charge in [0.1, 0.15) is 17.5 Å². The molecule has 0 N–H and O–H groups in total. The van der Waals surface area contributed by atoms with Gasteiger partial charge in [0.05, 0.1) is 25.3 Å². The molecule has 2 saturated heterocycles. The van der Waals surface area contributed by atoms with Gasteiger partial charge in [-0.15, -0.1) is 0 Å². The van der Waals surface area contributed by atoms with Crippen LogP contribution < -0.4 is 0 Å². The van der Waals surface area contributed by atoms with Gasteiger partial charge in [-0.05, 0) is 88.1 Å². The molecule has 0 saturated carbocycles. The summed E-state index contributed by atoms with van der Waals surface area (Å²) in [6.07, 6.45) is 3.49. The van der Waals surface area contributed by atoms with Crippen molar-refractivity contribution in [2.75, 3.05) is 32.9 Å². The number of hydrogen-bond donors (Lipinski definition) is 0. The molecule has 2 amide bonds. The lowest BCUT2D eigenvalue weighted by molar-refractivity contribution is -0.166. The number of fused-ring (bicyclic) bond motifs is 1. The monoisotopic (exact) mass is 582 g/mol. The van der Waals surface area contributed by atoms with E-state index in [9.17, 15) is 14.0 Å². The van der Waals surface area contributed by atoms with E-state index in [1.165, 1.54) is 17.7 Å². The van der Waals surface area contributed by atoms with E-state index in [2.05, 4.69) is 6.07 Å². The number of ether oxygens (including phenoxy) is 4. The Morgan fingerprint density at radius 2 is 1.81 bits per heavy atom. The Labute approximate surface area is 248 Å². The highest BCUT2D eigenvalue weighted by Gasteiger charge is 2.39. The zero-order valence-electron chi connectivity index (χ0n) is 24.9. The van der Waals surface area contributed by atoms with Gasteiger partial charge >= 0.3 is 6.09 Å². The van der Waals surface area contributed by atoms with Gasteiger partial charge < -0.3 is 28.7 Å².